The van der Waals surface area contributed by atoms with Gasteiger partial charge < -0.3 is 14.1 Å². The lowest BCUT2D eigenvalue weighted by atomic mass is 9.76. The van der Waals surface area contributed by atoms with E-state index in [4.69, 9.17) is 9.15 Å². The summed E-state index contributed by atoms with van der Waals surface area (Å²) in [6.07, 6.45) is 8.40. The Morgan fingerprint density at radius 3 is 2.77 bits per heavy atom. The molecular weight excluding hydrogens is 400 g/mol. The lowest BCUT2D eigenvalue weighted by Gasteiger charge is -2.48. The molecule has 0 N–H and O–H groups in total. The predicted octanol–water partition coefficient (Wildman–Crippen LogP) is 4.37. The van der Waals surface area contributed by atoms with Gasteiger partial charge in [0.15, 0.2) is 0 Å². The lowest BCUT2D eigenvalue weighted by molar-refractivity contribution is -0.137. The first-order chi connectivity index (χ1) is 14.1. The Hall–Kier alpha value is -1.56. The maximum atomic E-state index is 13.2. The van der Waals surface area contributed by atoms with Crippen LogP contribution in [0.3, 0.4) is 0 Å². The highest BCUT2D eigenvalue weighted by Crippen LogP contribution is 2.43. The van der Waals surface area contributed by atoms with Gasteiger partial charge in [-0.05, 0) is 76.2 Å². The largest absolute Gasteiger partial charge is 0.461 e. The Bertz CT molecular complexity index is 826. The van der Waals surface area contributed by atoms with Gasteiger partial charge in [-0.2, -0.15) is 0 Å². The molecule has 0 radical (unpaired) electrons. The van der Waals surface area contributed by atoms with Gasteiger partial charge in [0.2, 0.25) is 5.91 Å². The number of halogens is 1. The van der Waals surface area contributed by atoms with E-state index in [1.165, 1.54) is 25.7 Å². The zero-order valence-electron chi connectivity index (χ0n) is 17.8. The Kier molecular flexibility index (Phi) is 6.42. The summed E-state index contributed by atoms with van der Waals surface area (Å²) in [5.74, 6) is 1.74. The van der Waals surface area contributed by atoms with Gasteiger partial charge in [-0.3, -0.25) is 9.69 Å². The monoisotopic (exact) mass is 432 g/mol. The molecule has 5 rings (SSSR count). The number of hydrogen-bond donors (Lipinski definition) is 0. The van der Waals surface area contributed by atoms with Crippen molar-refractivity contribution in [2.24, 2.45) is 0 Å². The summed E-state index contributed by atoms with van der Waals surface area (Å²) >= 11 is 0. The Morgan fingerprint density at radius 2 is 2.00 bits per heavy atom. The molecular formula is C24H33ClN2O3. The third-order valence-electron chi connectivity index (χ3n) is 7.43. The fourth-order valence-corrected chi connectivity index (χ4v) is 5.79. The molecule has 0 unspecified atom stereocenters. The maximum absolute atomic E-state index is 13.2. The summed E-state index contributed by atoms with van der Waals surface area (Å²) in [4.78, 5) is 17.8. The van der Waals surface area contributed by atoms with Crippen molar-refractivity contribution in [3.63, 3.8) is 0 Å². The van der Waals surface area contributed by atoms with Crippen LogP contribution in [-0.4, -0.2) is 60.1 Å². The summed E-state index contributed by atoms with van der Waals surface area (Å²) in [5.41, 5.74) is 1.14. The summed E-state index contributed by atoms with van der Waals surface area (Å²) in [5, 5.41) is 0. The normalized spacial score (nSPS) is 29.4. The van der Waals surface area contributed by atoms with Crippen molar-refractivity contribution < 1.29 is 13.9 Å². The molecule has 1 amide bonds. The van der Waals surface area contributed by atoms with Crippen molar-refractivity contribution in [3.8, 4) is 11.3 Å². The molecule has 0 bridgehead atoms. The Labute approximate surface area is 185 Å². The molecule has 5 nitrogen and oxygen atoms in total. The minimum atomic E-state index is 0. The SMILES string of the molecule is CN(C(=O)Cc1ccc2cccc-2o1)[C@H]1CC[C@@]2(CCCO2)C[C@@H]1N1CCCC1.Cl. The number of rotatable bonds is 4. The third-order valence-corrected chi connectivity index (χ3v) is 7.43. The van der Waals surface area contributed by atoms with Gasteiger partial charge in [-0.1, -0.05) is 12.1 Å². The average Bonchev–Trinajstić information content (AvgIpc) is 3.49. The zero-order valence-corrected chi connectivity index (χ0v) is 18.7. The Morgan fingerprint density at radius 1 is 1.17 bits per heavy atom. The molecule has 2 saturated heterocycles. The first-order valence-electron chi connectivity index (χ1n) is 11.2. The van der Waals surface area contributed by atoms with E-state index in [9.17, 15) is 4.79 Å². The summed E-state index contributed by atoms with van der Waals surface area (Å²) in [6, 6.07) is 10.6. The third kappa shape index (κ3) is 4.12. The topological polar surface area (TPSA) is 45.9 Å². The number of likely N-dealkylation sites (N-methyl/N-ethyl adjacent to an activating group) is 1. The van der Waals surface area contributed by atoms with Crippen molar-refractivity contribution >= 4 is 18.3 Å². The van der Waals surface area contributed by atoms with E-state index >= 15 is 0 Å². The number of likely N-dealkylation sites (tertiary alicyclic amines) is 1. The van der Waals surface area contributed by atoms with Crippen LogP contribution in [0, 0.1) is 0 Å². The number of carbonyl (C=O) groups is 1. The average molecular weight is 433 g/mol. The number of carbonyl (C=O) groups excluding carboxylic acids is 1. The van der Waals surface area contributed by atoms with E-state index in [1.54, 1.807) is 0 Å². The molecule has 1 saturated carbocycles. The van der Waals surface area contributed by atoms with Crippen LogP contribution >= 0.6 is 12.4 Å². The number of hydrogen-bond acceptors (Lipinski definition) is 4. The predicted molar refractivity (Wildman–Crippen MR) is 119 cm³/mol. The van der Waals surface area contributed by atoms with Gasteiger partial charge in [0, 0.05) is 31.3 Å². The van der Waals surface area contributed by atoms with Crippen LogP contribution in [0.1, 0.15) is 50.7 Å². The lowest BCUT2D eigenvalue weighted by Crippen LogP contribution is -2.58. The van der Waals surface area contributed by atoms with Crippen molar-refractivity contribution in [3.05, 3.63) is 36.1 Å². The molecule has 3 fully saturated rings. The first-order valence-corrected chi connectivity index (χ1v) is 11.2. The van der Waals surface area contributed by atoms with Gasteiger partial charge in [0.1, 0.15) is 11.5 Å². The molecule has 0 aromatic carbocycles. The molecule has 0 aromatic rings. The second-order valence-corrected chi connectivity index (χ2v) is 9.18. The molecule has 30 heavy (non-hydrogen) atoms. The summed E-state index contributed by atoms with van der Waals surface area (Å²) in [7, 11) is 1.99. The molecule has 0 aromatic heterocycles. The van der Waals surface area contributed by atoms with Crippen molar-refractivity contribution in [1.82, 2.24) is 9.80 Å². The van der Waals surface area contributed by atoms with Crippen LogP contribution in [0.5, 0.6) is 0 Å². The van der Waals surface area contributed by atoms with Gasteiger partial charge in [0.05, 0.1) is 12.0 Å². The van der Waals surface area contributed by atoms with E-state index in [1.807, 2.05) is 42.3 Å². The van der Waals surface area contributed by atoms with E-state index in [-0.39, 0.29) is 30.0 Å². The molecule has 164 valence electrons. The van der Waals surface area contributed by atoms with E-state index in [2.05, 4.69) is 4.90 Å². The quantitative estimate of drug-likeness (QED) is 0.719. The van der Waals surface area contributed by atoms with Crippen LogP contribution in [-0.2, 0) is 16.0 Å². The van der Waals surface area contributed by atoms with Gasteiger partial charge in [0.25, 0.3) is 0 Å². The van der Waals surface area contributed by atoms with Crippen LogP contribution in [0.2, 0.25) is 0 Å². The van der Waals surface area contributed by atoms with Crippen molar-refractivity contribution in [1.29, 1.82) is 0 Å². The number of fused-ring (bicyclic) bond motifs is 1. The highest BCUT2D eigenvalue weighted by molar-refractivity contribution is 5.85. The molecule has 6 heteroatoms. The van der Waals surface area contributed by atoms with Gasteiger partial charge in [-0.15, -0.1) is 12.4 Å². The summed E-state index contributed by atoms with van der Waals surface area (Å²) in [6.45, 7) is 3.21. The maximum Gasteiger partial charge on any atom is 0.230 e. The van der Waals surface area contributed by atoms with Crippen LogP contribution < -0.4 is 0 Å². The molecule has 3 aliphatic heterocycles. The minimum Gasteiger partial charge on any atom is -0.461 e. The highest BCUT2D eigenvalue weighted by atomic mass is 35.5. The molecule has 5 aliphatic rings. The van der Waals surface area contributed by atoms with Crippen LogP contribution in [0.15, 0.2) is 34.7 Å². The van der Waals surface area contributed by atoms with Crippen molar-refractivity contribution in [2.45, 2.75) is 69.1 Å². The van der Waals surface area contributed by atoms with E-state index in [0.717, 1.165) is 56.0 Å². The fourth-order valence-electron chi connectivity index (χ4n) is 5.79. The smallest absolute Gasteiger partial charge is 0.230 e. The van der Waals surface area contributed by atoms with Gasteiger partial charge in [-0.25, -0.2) is 0 Å². The Balaban J connectivity index is 0.00000218. The molecule has 3 atom stereocenters. The van der Waals surface area contributed by atoms with E-state index in [0.29, 0.717) is 12.5 Å². The molecule has 1 spiro atoms. The van der Waals surface area contributed by atoms with E-state index < -0.39 is 0 Å². The summed E-state index contributed by atoms with van der Waals surface area (Å²) < 4.78 is 12.2. The second kappa shape index (κ2) is 8.89. The fraction of sp³-hybridized carbons (Fsp3) is 0.625. The second-order valence-electron chi connectivity index (χ2n) is 9.18. The highest BCUT2D eigenvalue weighted by Gasteiger charge is 2.47. The van der Waals surface area contributed by atoms with Crippen LogP contribution in [0.4, 0.5) is 0 Å². The number of nitrogens with zero attached hydrogens (tertiary/aromatic N) is 2. The van der Waals surface area contributed by atoms with Crippen molar-refractivity contribution in [2.75, 3.05) is 26.7 Å². The first kappa shape index (κ1) is 21.7. The molecule has 2 aliphatic carbocycles. The van der Waals surface area contributed by atoms with Crippen LogP contribution in [0.25, 0.3) is 11.3 Å². The number of amides is 1. The van der Waals surface area contributed by atoms with Gasteiger partial charge >= 0.3 is 0 Å². The number of ether oxygens (including phenoxy) is 1. The minimum absolute atomic E-state index is 0. The standard InChI is InChI=1S/C24H32N2O3.ClH/c1-25(23(27)16-19-9-8-18-6-4-7-22(18)29-19)20-10-12-24(11-5-15-28-24)17-21(20)26-13-2-3-14-26;/h4,6-9,20-21H,2-3,5,10-17H2,1H3;1H/t20-,21-,24-;/m0./s1. The zero-order chi connectivity index (χ0) is 19.8. The molecule has 3 heterocycles.